The van der Waals surface area contributed by atoms with Crippen molar-refractivity contribution in [1.82, 2.24) is 14.5 Å². The van der Waals surface area contributed by atoms with E-state index < -0.39 is 0 Å². The minimum Gasteiger partial charge on any atom is -0.337 e. The molecule has 2 aromatic carbocycles. The Kier molecular flexibility index (Phi) is 5.27. The van der Waals surface area contributed by atoms with Crippen molar-refractivity contribution in [3.63, 3.8) is 0 Å². The van der Waals surface area contributed by atoms with Crippen molar-refractivity contribution in [3.8, 4) is 5.69 Å². The van der Waals surface area contributed by atoms with Crippen molar-refractivity contribution in [3.05, 3.63) is 77.1 Å². The van der Waals surface area contributed by atoms with Gasteiger partial charge >= 0.3 is 0 Å². The molecule has 0 bridgehead atoms. The second kappa shape index (κ2) is 7.84. The van der Waals surface area contributed by atoms with E-state index in [4.69, 9.17) is 0 Å². The summed E-state index contributed by atoms with van der Waals surface area (Å²) in [6.07, 6.45) is 4.70. The van der Waals surface area contributed by atoms with Gasteiger partial charge in [0.2, 0.25) is 5.91 Å². The third-order valence-corrected chi connectivity index (χ3v) is 6.36. The quantitative estimate of drug-likeness (QED) is 0.612. The standard InChI is InChI=1S/C23H25N3OS/c1-16-8-9-21(17(2)14-16)26-13-11-24-23(26)28-18(3)22(27)25-12-10-19-6-4-5-7-20(19)15-25/h4-9,11,13-14,18H,10,12,15H2,1-3H3. The van der Waals surface area contributed by atoms with E-state index in [-0.39, 0.29) is 11.2 Å². The summed E-state index contributed by atoms with van der Waals surface area (Å²) < 4.78 is 2.08. The lowest BCUT2D eigenvalue weighted by Crippen LogP contribution is -2.40. The predicted molar refractivity (Wildman–Crippen MR) is 114 cm³/mol. The Bertz CT molecular complexity index is 1010. The highest BCUT2D eigenvalue weighted by molar-refractivity contribution is 8.00. The summed E-state index contributed by atoms with van der Waals surface area (Å²) in [7, 11) is 0. The number of aryl methyl sites for hydroxylation is 2. The van der Waals surface area contributed by atoms with Gasteiger partial charge in [0.15, 0.2) is 5.16 Å². The molecule has 4 rings (SSSR count). The highest BCUT2D eigenvalue weighted by Crippen LogP contribution is 2.28. The van der Waals surface area contributed by atoms with Gasteiger partial charge in [0.05, 0.1) is 10.9 Å². The lowest BCUT2D eigenvalue weighted by molar-refractivity contribution is -0.131. The molecule has 1 unspecified atom stereocenters. The molecule has 1 aromatic heterocycles. The summed E-state index contributed by atoms with van der Waals surface area (Å²) >= 11 is 1.53. The average molecular weight is 392 g/mol. The van der Waals surface area contributed by atoms with Gasteiger partial charge in [-0.1, -0.05) is 53.7 Å². The Morgan fingerprint density at radius 3 is 2.71 bits per heavy atom. The van der Waals surface area contributed by atoms with Crippen molar-refractivity contribution in [2.75, 3.05) is 6.54 Å². The Morgan fingerprint density at radius 1 is 1.14 bits per heavy atom. The fourth-order valence-corrected chi connectivity index (χ4v) is 4.75. The number of amides is 1. The Balaban J connectivity index is 1.50. The van der Waals surface area contributed by atoms with Crippen LogP contribution in [-0.4, -0.2) is 32.2 Å². The number of thioether (sulfide) groups is 1. The second-order valence-corrected chi connectivity index (χ2v) is 8.72. The minimum atomic E-state index is -0.183. The number of nitrogens with zero attached hydrogens (tertiary/aromatic N) is 3. The molecular weight excluding hydrogens is 366 g/mol. The maximum Gasteiger partial charge on any atom is 0.236 e. The number of hydrogen-bond acceptors (Lipinski definition) is 3. The van der Waals surface area contributed by atoms with Gasteiger partial charge in [-0.2, -0.15) is 0 Å². The van der Waals surface area contributed by atoms with E-state index in [2.05, 4.69) is 59.8 Å². The number of carbonyl (C=O) groups excluding carboxylic acids is 1. The maximum atomic E-state index is 13.1. The molecule has 1 atom stereocenters. The molecule has 0 spiro atoms. The largest absolute Gasteiger partial charge is 0.337 e. The monoisotopic (exact) mass is 391 g/mol. The summed E-state index contributed by atoms with van der Waals surface area (Å²) in [5.74, 6) is 0.176. The number of imidazole rings is 1. The van der Waals surface area contributed by atoms with Crippen LogP contribution in [0.15, 0.2) is 60.0 Å². The smallest absolute Gasteiger partial charge is 0.236 e. The lowest BCUT2D eigenvalue weighted by atomic mass is 10.00. The predicted octanol–water partition coefficient (Wildman–Crippen LogP) is 4.55. The zero-order valence-electron chi connectivity index (χ0n) is 16.6. The van der Waals surface area contributed by atoms with E-state index in [1.807, 2.05) is 24.1 Å². The zero-order chi connectivity index (χ0) is 19.7. The zero-order valence-corrected chi connectivity index (χ0v) is 17.4. The third kappa shape index (κ3) is 3.72. The van der Waals surface area contributed by atoms with Crippen molar-refractivity contribution < 1.29 is 4.79 Å². The molecule has 0 radical (unpaired) electrons. The molecule has 0 fully saturated rings. The van der Waals surface area contributed by atoms with Crippen LogP contribution in [0.4, 0.5) is 0 Å². The topological polar surface area (TPSA) is 38.1 Å². The molecule has 1 amide bonds. The van der Waals surface area contributed by atoms with Crippen LogP contribution < -0.4 is 0 Å². The van der Waals surface area contributed by atoms with Gasteiger partial charge in [0, 0.05) is 25.5 Å². The second-order valence-electron chi connectivity index (χ2n) is 7.41. The molecule has 0 saturated carbocycles. The molecule has 1 aliphatic heterocycles. The van der Waals surface area contributed by atoms with Crippen molar-refractivity contribution in [2.45, 2.75) is 44.1 Å². The first kappa shape index (κ1) is 18.8. The highest BCUT2D eigenvalue weighted by Gasteiger charge is 2.26. The first-order valence-corrected chi connectivity index (χ1v) is 10.5. The molecule has 0 aliphatic carbocycles. The van der Waals surface area contributed by atoms with Gasteiger partial charge in [-0.15, -0.1) is 0 Å². The number of hydrogen-bond donors (Lipinski definition) is 0. The number of fused-ring (bicyclic) bond motifs is 1. The van der Waals surface area contributed by atoms with Gasteiger partial charge < -0.3 is 4.90 Å². The molecule has 0 saturated heterocycles. The molecule has 28 heavy (non-hydrogen) atoms. The molecular formula is C23H25N3OS. The SMILES string of the molecule is Cc1ccc(-n2ccnc2SC(C)C(=O)N2CCc3ccccc3C2)c(C)c1. The summed E-state index contributed by atoms with van der Waals surface area (Å²) in [5, 5.41) is 0.669. The molecule has 0 N–H and O–H groups in total. The van der Waals surface area contributed by atoms with Gasteiger partial charge in [-0.25, -0.2) is 4.98 Å². The Morgan fingerprint density at radius 2 is 1.93 bits per heavy atom. The average Bonchev–Trinajstić information content (AvgIpc) is 3.14. The summed E-state index contributed by atoms with van der Waals surface area (Å²) in [6.45, 7) is 7.67. The molecule has 5 heteroatoms. The normalized spacial score (nSPS) is 14.6. The van der Waals surface area contributed by atoms with Crippen molar-refractivity contribution in [1.29, 1.82) is 0 Å². The van der Waals surface area contributed by atoms with E-state index >= 15 is 0 Å². The van der Waals surface area contributed by atoms with Crippen LogP contribution in [0.1, 0.15) is 29.2 Å². The maximum absolute atomic E-state index is 13.1. The van der Waals surface area contributed by atoms with Crippen molar-refractivity contribution >= 4 is 17.7 Å². The van der Waals surface area contributed by atoms with Crippen LogP contribution in [0.25, 0.3) is 5.69 Å². The van der Waals surface area contributed by atoms with E-state index in [9.17, 15) is 4.79 Å². The molecule has 2 heterocycles. The summed E-state index contributed by atoms with van der Waals surface area (Å²) in [6, 6.07) is 14.8. The number of aromatic nitrogens is 2. The number of rotatable bonds is 4. The number of carbonyl (C=O) groups is 1. The molecule has 1 aliphatic rings. The first-order chi connectivity index (χ1) is 13.5. The van der Waals surface area contributed by atoms with E-state index in [0.29, 0.717) is 6.54 Å². The summed E-state index contributed by atoms with van der Waals surface area (Å²) in [5.41, 5.74) is 6.17. The highest BCUT2D eigenvalue weighted by atomic mass is 32.2. The molecule has 144 valence electrons. The minimum absolute atomic E-state index is 0.176. The van der Waals surface area contributed by atoms with Gasteiger partial charge in [0.1, 0.15) is 0 Å². The van der Waals surface area contributed by atoms with Crippen LogP contribution in [-0.2, 0) is 17.8 Å². The van der Waals surface area contributed by atoms with E-state index in [0.717, 1.165) is 23.8 Å². The van der Waals surface area contributed by atoms with Crippen LogP contribution in [0.5, 0.6) is 0 Å². The fraction of sp³-hybridized carbons (Fsp3) is 0.304. The van der Waals surface area contributed by atoms with Gasteiger partial charge in [-0.3, -0.25) is 9.36 Å². The van der Waals surface area contributed by atoms with E-state index in [1.165, 1.54) is 34.0 Å². The van der Waals surface area contributed by atoms with Crippen LogP contribution in [0.2, 0.25) is 0 Å². The third-order valence-electron chi connectivity index (χ3n) is 5.29. The first-order valence-electron chi connectivity index (χ1n) is 9.66. The Labute approximate surface area is 170 Å². The number of benzene rings is 2. The molecule has 3 aromatic rings. The van der Waals surface area contributed by atoms with E-state index in [1.54, 1.807) is 6.20 Å². The van der Waals surface area contributed by atoms with Gasteiger partial charge in [-0.05, 0) is 49.9 Å². The van der Waals surface area contributed by atoms with Crippen LogP contribution >= 0.6 is 11.8 Å². The van der Waals surface area contributed by atoms with Crippen LogP contribution in [0.3, 0.4) is 0 Å². The van der Waals surface area contributed by atoms with Crippen LogP contribution in [0, 0.1) is 13.8 Å². The molecule has 4 nitrogen and oxygen atoms in total. The fourth-order valence-electron chi connectivity index (χ4n) is 3.79. The van der Waals surface area contributed by atoms with Crippen molar-refractivity contribution in [2.24, 2.45) is 0 Å². The lowest BCUT2D eigenvalue weighted by Gasteiger charge is -2.30. The Hall–Kier alpha value is -2.53. The van der Waals surface area contributed by atoms with Gasteiger partial charge in [0.25, 0.3) is 0 Å². The summed E-state index contributed by atoms with van der Waals surface area (Å²) in [4.78, 5) is 19.6.